The molecule has 1 aromatic carbocycles. The van der Waals surface area contributed by atoms with Gasteiger partial charge in [-0.1, -0.05) is 17.7 Å². The molecule has 2 amide bonds. The zero-order valence-corrected chi connectivity index (χ0v) is 12.2. The Labute approximate surface area is 122 Å². The van der Waals surface area contributed by atoms with Crippen molar-refractivity contribution in [2.45, 2.75) is 6.42 Å². The number of carboxylic acids is 1. The normalized spacial score (nSPS) is 10.4. The van der Waals surface area contributed by atoms with Gasteiger partial charge in [0.2, 0.25) is 0 Å². The Morgan fingerprint density at radius 1 is 1.35 bits per heavy atom. The summed E-state index contributed by atoms with van der Waals surface area (Å²) in [5.41, 5.74) is 0.0627. The first-order valence-electron chi connectivity index (χ1n) is 6.13. The van der Waals surface area contributed by atoms with E-state index in [0.29, 0.717) is 6.54 Å². The molecule has 0 bridgehead atoms. The van der Waals surface area contributed by atoms with Gasteiger partial charge in [0.15, 0.2) is 0 Å². The summed E-state index contributed by atoms with van der Waals surface area (Å²) in [6.45, 7) is 1.37. The van der Waals surface area contributed by atoms with Crippen molar-refractivity contribution < 1.29 is 14.7 Å². The highest BCUT2D eigenvalue weighted by Crippen LogP contribution is 2.24. The largest absolute Gasteiger partial charge is 0.478 e. The van der Waals surface area contributed by atoms with E-state index in [0.717, 1.165) is 13.0 Å². The van der Waals surface area contributed by atoms with Crippen molar-refractivity contribution in [1.29, 1.82) is 0 Å². The molecule has 0 heterocycles. The van der Waals surface area contributed by atoms with E-state index in [1.54, 1.807) is 6.07 Å². The second-order valence-electron chi connectivity index (χ2n) is 4.51. The highest BCUT2D eigenvalue weighted by Gasteiger charge is 2.15. The van der Waals surface area contributed by atoms with E-state index < -0.39 is 12.0 Å². The number of aromatic carboxylic acids is 1. The molecule has 0 aliphatic carbocycles. The maximum atomic E-state index is 11.7. The van der Waals surface area contributed by atoms with Crippen LogP contribution in [0.3, 0.4) is 0 Å². The molecule has 110 valence electrons. The van der Waals surface area contributed by atoms with Gasteiger partial charge in [0, 0.05) is 6.54 Å². The van der Waals surface area contributed by atoms with Crippen LogP contribution in [-0.4, -0.2) is 49.2 Å². The van der Waals surface area contributed by atoms with E-state index in [1.807, 2.05) is 19.0 Å². The number of nitrogens with one attached hydrogen (secondary N) is 2. The molecule has 0 aliphatic rings. The molecule has 3 N–H and O–H groups in total. The number of urea groups is 1. The van der Waals surface area contributed by atoms with Gasteiger partial charge >= 0.3 is 12.0 Å². The van der Waals surface area contributed by atoms with Gasteiger partial charge in [0.05, 0.1) is 10.7 Å². The van der Waals surface area contributed by atoms with Crippen molar-refractivity contribution in [2.75, 3.05) is 32.5 Å². The number of amides is 2. The van der Waals surface area contributed by atoms with Crippen LogP contribution in [-0.2, 0) is 0 Å². The van der Waals surface area contributed by atoms with Crippen LogP contribution in [0, 0.1) is 0 Å². The predicted octanol–water partition coefficient (Wildman–Crippen LogP) is 2.11. The third-order valence-corrected chi connectivity index (χ3v) is 2.86. The Hall–Kier alpha value is -1.79. The summed E-state index contributed by atoms with van der Waals surface area (Å²) in [6.07, 6.45) is 0.807. The smallest absolute Gasteiger partial charge is 0.339 e. The van der Waals surface area contributed by atoms with Gasteiger partial charge in [-0.15, -0.1) is 0 Å². The predicted molar refractivity (Wildman–Crippen MR) is 78.6 cm³/mol. The van der Waals surface area contributed by atoms with Crippen molar-refractivity contribution in [3.05, 3.63) is 28.8 Å². The summed E-state index contributed by atoms with van der Waals surface area (Å²) in [5.74, 6) is -1.18. The van der Waals surface area contributed by atoms with Crippen molar-refractivity contribution in [3.63, 3.8) is 0 Å². The Bertz CT molecular complexity index is 492. The first-order valence-corrected chi connectivity index (χ1v) is 6.51. The zero-order chi connectivity index (χ0) is 15.1. The van der Waals surface area contributed by atoms with Crippen molar-refractivity contribution in [1.82, 2.24) is 10.2 Å². The molecular weight excluding hydrogens is 282 g/mol. The third kappa shape index (κ3) is 5.07. The Morgan fingerprint density at radius 3 is 2.65 bits per heavy atom. The van der Waals surface area contributed by atoms with Gasteiger partial charge in [-0.2, -0.15) is 0 Å². The van der Waals surface area contributed by atoms with E-state index in [2.05, 4.69) is 10.6 Å². The number of rotatable bonds is 6. The van der Waals surface area contributed by atoms with Crippen LogP contribution in [0.4, 0.5) is 10.5 Å². The van der Waals surface area contributed by atoms with Crippen LogP contribution in [0.15, 0.2) is 18.2 Å². The molecule has 0 aromatic heterocycles. The fraction of sp³-hybridized carbons (Fsp3) is 0.385. The number of nitrogens with zero attached hydrogens (tertiary/aromatic N) is 1. The maximum absolute atomic E-state index is 11.7. The van der Waals surface area contributed by atoms with E-state index in [1.165, 1.54) is 12.1 Å². The van der Waals surface area contributed by atoms with Crippen molar-refractivity contribution >= 4 is 29.3 Å². The lowest BCUT2D eigenvalue weighted by molar-refractivity contribution is 0.0698. The van der Waals surface area contributed by atoms with Gasteiger partial charge in [-0.3, -0.25) is 0 Å². The monoisotopic (exact) mass is 299 g/mol. The number of halogens is 1. The third-order valence-electron chi connectivity index (χ3n) is 2.54. The average molecular weight is 300 g/mol. The van der Waals surface area contributed by atoms with Crippen LogP contribution < -0.4 is 10.6 Å². The minimum Gasteiger partial charge on any atom is -0.478 e. The lowest BCUT2D eigenvalue weighted by atomic mass is 10.2. The van der Waals surface area contributed by atoms with Crippen LogP contribution in [0.25, 0.3) is 0 Å². The number of hydrogen-bond acceptors (Lipinski definition) is 3. The molecule has 0 saturated heterocycles. The molecule has 7 heteroatoms. The molecule has 1 rings (SSSR count). The highest BCUT2D eigenvalue weighted by molar-refractivity contribution is 6.34. The Morgan fingerprint density at radius 2 is 2.05 bits per heavy atom. The van der Waals surface area contributed by atoms with Crippen LogP contribution in [0.5, 0.6) is 0 Å². The fourth-order valence-corrected chi connectivity index (χ4v) is 1.86. The molecule has 20 heavy (non-hydrogen) atoms. The Kier molecular flexibility index (Phi) is 6.27. The number of carbonyl (C=O) groups is 2. The minimum absolute atomic E-state index is 0.0860. The summed E-state index contributed by atoms with van der Waals surface area (Å²) >= 11 is 5.81. The van der Waals surface area contributed by atoms with E-state index in [9.17, 15) is 9.59 Å². The molecule has 6 nitrogen and oxygen atoms in total. The van der Waals surface area contributed by atoms with Crippen LogP contribution in [0.2, 0.25) is 5.02 Å². The van der Waals surface area contributed by atoms with Gasteiger partial charge < -0.3 is 20.6 Å². The zero-order valence-electron chi connectivity index (χ0n) is 11.4. The molecule has 0 saturated carbocycles. The molecular formula is C13H18ClN3O3. The number of benzene rings is 1. The summed E-state index contributed by atoms with van der Waals surface area (Å²) < 4.78 is 0. The molecule has 0 radical (unpaired) electrons. The molecule has 0 unspecified atom stereocenters. The van der Waals surface area contributed by atoms with Gasteiger partial charge in [0.25, 0.3) is 0 Å². The van der Waals surface area contributed by atoms with Crippen LogP contribution in [0.1, 0.15) is 16.8 Å². The molecule has 1 aromatic rings. The lowest BCUT2D eigenvalue weighted by Gasteiger charge is -2.12. The maximum Gasteiger partial charge on any atom is 0.339 e. The summed E-state index contributed by atoms with van der Waals surface area (Å²) in [7, 11) is 3.90. The van der Waals surface area contributed by atoms with E-state index in [-0.39, 0.29) is 16.3 Å². The standard InChI is InChI=1S/C13H18ClN3O3/c1-17(2)8-4-7-15-13(20)16-10-6-3-5-9(14)11(10)12(18)19/h3,5-6H,4,7-8H2,1-2H3,(H,18,19)(H2,15,16,20). The minimum atomic E-state index is -1.18. The number of anilines is 1. The average Bonchev–Trinajstić information content (AvgIpc) is 2.34. The highest BCUT2D eigenvalue weighted by atomic mass is 35.5. The van der Waals surface area contributed by atoms with E-state index in [4.69, 9.17) is 16.7 Å². The van der Waals surface area contributed by atoms with E-state index >= 15 is 0 Å². The lowest BCUT2D eigenvalue weighted by Crippen LogP contribution is -2.31. The van der Waals surface area contributed by atoms with Crippen LogP contribution >= 0.6 is 11.6 Å². The molecule has 0 spiro atoms. The second kappa shape index (κ2) is 7.72. The first kappa shape index (κ1) is 16.3. The fourth-order valence-electron chi connectivity index (χ4n) is 1.61. The molecule has 0 aliphatic heterocycles. The van der Waals surface area contributed by atoms with Crippen molar-refractivity contribution in [2.24, 2.45) is 0 Å². The summed E-state index contributed by atoms with van der Waals surface area (Å²) in [6, 6.07) is 4.09. The second-order valence-corrected chi connectivity index (χ2v) is 4.91. The van der Waals surface area contributed by atoms with Crippen molar-refractivity contribution in [3.8, 4) is 0 Å². The van der Waals surface area contributed by atoms with Gasteiger partial charge in [-0.25, -0.2) is 9.59 Å². The van der Waals surface area contributed by atoms with Gasteiger partial charge in [0.1, 0.15) is 5.56 Å². The SMILES string of the molecule is CN(C)CCCNC(=O)Nc1cccc(Cl)c1C(=O)O. The first-order chi connectivity index (χ1) is 9.41. The summed E-state index contributed by atoms with van der Waals surface area (Å²) in [5, 5.41) is 14.3. The number of hydrogen-bond donors (Lipinski definition) is 3. The Balaban J connectivity index is 2.58. The van der Waals surface area contributed by atoms with Gasteiger partial charge in [-0.05, 0) is 39.2 Å². The summed E-state index contributed by atoms with van der Waals surface area (Å²) in [4.78, 5) is 24.8. The molecule has 0 fully saturated rings. The topological polar surface area (TPSA) is 81.7 Å². The quantitative estimate of drug-likeness (QED) is 0.703. The molecule has 0 atom stereocenters. The number of carbonyl (C=O) groups excluding carboxylic acids is 1. The number of carboxylic acid groups (broad SMARTS) is 1.